The molecule has 0 spiro atoms. The second-order valence-electron chi connectivity index (χ2n) is 6.52. The lowest BCUT2D eigenvalue weighted by molar-refractivity contribution is -0.120. The van der Waals surface area contributed by atoms with E-state index in [2.05, 4.69) is 53.1 Å². The molecule has 26 heavy (non-hydrogen) atoms. The van der Waals surface area contributed by atoms with Crippen molar-refractivity contribution in [2.45, 2.75) is 13.3 Å². The fraction of sp³-hybridized carbons (Fsp3) is 0.136. The van der Waals surface area contributed by atoms with Crippen molar-refractivity contribution in [3.05, 3.63) is 66.7 Å². The van der Waals surface area contributed by atoms with Crippen LogP contribution in [-0.2, 0) is 4.79 Å². The van der Waals surface area contributed by atoms with Crippen molar-refractivity contribution < 1.29 is 9.53 Å². The Bertz CT molecular complexity index is 1060. The molecule has 0 aliphatic carbocycles. The van der Waals surface area contributed by atoms with Gasteiger partial charge in [0, 0.05) is 17.2 Å². The number of para-hydroxylation sites is 2. The molecule has 0 unspecified atom stereocenters. The monoisotopic (exact) mass is 341 g/mol. The van der Waals surface area contributed by atoms with E-state index in [1.165, 1.54) is 10.8 Å². The van der Waals surface area contributed by atoms with Crippen molar-refractivity contribution in [1.29, 1.82) is 0 Å². The van der Waals surface area contributed by atoms with Crippen LogP contribution in [0.4, 0.5) is 0 Å². The molecule has 4 heteroatoms. The smallest absolute Gasteiger partial charge is 0.169 e. The maximum atomic E-state index is 11.8. The van der Waals surface area contributed by atoms with Gasteiger partial charge in [-0.15, -0.1) is 0 Å². The summed E-state index contributed by atoms with van der Waals surface area (Å²) in [5, 5.41) is 2.42. The lowest BCUT2D eigenvalue weighted by Gasteiger charge is -2.15. The lowest BCUT2D eigenvalue weighted by Crippen LogP contribution is -2.13. The topological polar surface area (TPSA) is 31.2 Å². The van der Waals surface area contributed by atoms with E-state index in [4.69, 9.17) is 4.74 Å². The molecule has 4 aromatic rings. The Kier molecular flexibility index (Phi) is 4.25. The van der Waals surface area contributed by atoms with E-state index < -0.39 is 0 Å². The van der Waals surface area contributed by atoms with Crippen molar-refractivity contribution in [3.8, 4) is 11.4 Å². The van der Waals surface area contributed by atoms with Gasteiger partial charge >= 0.3 is 0 Å². The van der Waals surface area contributed by atoms with Gasteiger partial charge in [0.15, 0.2) is 5.78 Å². The van der Waals surface area contributed by atoms with Crippen molar-refractivity contribution in [2.75, 3.05) is 6.61 Å². The second kappa shape index (κ2) is 6.72. The maximum absolute atomic E-state index is 11.8. The minimum atomic E-state index is 0.0969. The predicted octanol–water partition coefficient (Wildman–Crippen LogP) is 3.40. The van der Waals surface area contributed by atoms with E-state index >= 15 is 0 Å². The normalized spacial score (nSPS) is 11.1. The highest BCUT2D eigenvalue weighted by Crippen LogP contribution is 2.34. The molecule has 0 radical (unpaired) electrons. The predicted molar refractivity (Wildman–Crippen MR) is 110 cm³/mol. The summed E-state index contributed by atoms with van der Waals surface area (Å²) in [5.74, 6) is 0.831. The Morgan fingerprint density at radius 3 is 2.19 bits per heavy atom. The molecule has 0 amide bonds. The van der Waals surface area contributed by atoms with Crippen molar-refractivity contribution in [2.24, 2.45) is 0 Å². The van der Waals surface area contributed by atoms with Crippen LogP contribution in [0.15, 0.2) is 66.7 Å². The van der Waals surface area contributed by atoms with E-state index in [9.17, 15) is 4.79 Å². The van der Waals surface area contributed by atoms with Gasteiger partial charge in [-0.05, 0) is 24.3 Å². The van der Waals surface area contributed by atoms with Crippen LogP contribution in [0, 0.1) is 0 Å². The highest BCUT2D eigenvalue weighted by atomic mass is 16.5. The van der Waals surface area contributed by atoms with Gasteiger partial charge in [0.05, 0.1) is 16.7 Å². The molecule has 0 atom stereocenters. The van der Waals surface area contributed by atoms with Crippen LogP contribution in [0.5, 0.6) is 5.75 Å². The van der Waals surface area contributed by atoms with Gasteiger partial charge < -0.3 is 9.30 Å². The third-order valence-corrected chi connectivity index (χ3v) is 4.72. The zero-order chi connectivity index (χ0) is 18.1. The zero-order valence-electron chi connectivity index (χ0n) is 15.0. The van der Waals surface area contributed by atoms with Gasteiger partial charge in [0.2, 0.25) is 0 Å². The van der Waals surface area contributed by atoms with Crippen LogP contribution in [0.2, 0.25) is 0 Å². The summed E-state index contributed by atoms with van der Waals surface area (Å²) >= 11 is 0. The van der Waals surface area contributed by atoms with Gasteiger partial charge in [-0.3, -0.25) is 4.79 Å². The van der Waals surface area contributed by atoms with Crippen LogP contribution in [0.1, 0.15) is 13.3 Å². The molecule has 0 fully saturated rings. The number of aromatic nitrogens is 1. The average Bonchev–Trinajstić information content (AvgIpc) is 3.01. The first-order valence-corrected chi connectivity index (χ1v) is 8.92. The number of ether oxygens (including phenoxy) is 1. The number of nitrogens with zero attached hydrogens (tertiary/aromatic N) is 1. The number of hydrogen-bond donors (Lipinski definition) is 0. The molecule has 0 N–H and O–H groups in total. The molecule has 3 aromatic carbocycles. The summed E-state index contributed by atoms with van der Waals surface area (Å²) in [6.45, 7) is 1.96. The van der Waals surface area contributed by atoms with Crippen molar-refractivity contribution >= 4 is 40.9 Å². The number of benzene rings is 3. The fourth-order valence-electron chi connectivity index (χ4n) is 3.36. The summed E-state index contributed by atoms with van der Waals surface area (Å²) < 4.78 is 8.14. The molecule has 1 aromatic heterocycles. The van der Waals surface area contributed by atoms with E-state index in [0.717, 1.165) is 27.9 Å². The standard InChI is InChI=1S/C22H20BNO2/c1-2-16(25)14-26-22-13-15(23)11-12-21(22)24-19-9-5-3-7-17(19)18-8-4-6-10-20(18)24/h3-13H,2,14,23H2,1H3. The Morgan fingerprint density at radius 2 is 1.58 bits per heavy atom. The summed E-state index contributed by atoms with van der Waals surface area (Å²) in [4.78, 5) is 11.8. The summed E-state index contributed by atoms with van der Waals surface area (Å²) in [5.41, 5.74) is 4.32. The first kappa shape index (κ1) is 16.5. The van der Waals surface area contributed by atoms with E-state index in [1.54, 1.807) is 0 Å². The van der Waals surface area contributed by atoms with Gasteiger partial charge in [0.1, 0.15) is 20.2 Å². The molecule has 0 aliphatic heterocycles. The number of ketones is 1. The summed E-state index contributed by atoms with van der Waals surface area (Å²) in [6, 6.07) is 22.9. The van der Waals surface area contributed by atoms with Crippen LogP contribution in [-0.4, -0.2) is 24.8 Å². The van der Waals surface area contributed by atoms with Gasteiger partial charge in [-0.2, -0.15) is 0 Å². The Balaban J connectivity index is 1.96. The second-order valence-corrected chi connectivity index (χ2v) is 6.52. The molecule has 0 aliphatic rings. The van der Waals surface area contributed by atoms with E-state index in [1.807, 2.05) is 33.0 Å². The molecule has 4 rings (SSSR count). The molecule has 1 heterocycles. The lowest BCUT2D eigenvalue weighted by atomic mass is 9.95. The quantitative estimate of drug-likeness (QED) is 0.521. The molecule has 128 valence electrons. The number of carbonyl (C=O) groups is 1. The number of fused-ring (bicyclic) bond motifs is 3. The third-order valence-electron chi connectivity index (χ3n) is 4.72. The largest absolute Gasteiger partial charge is 0.484 e. The highest BCUT2D eigenvalue weighted by Gasteiger charge is 2.15. The zero-order valence-corrected chi connectivity index (χ0v) is 15.0. The first-order chi connectivity index (χ1) is 12.7. The number of hydrogen-bond acceptors (Lipinski definition) is 2. The summed E-state index contributed by atoms with van der Waals surface area (Å²) in [7, 11) is 2.03. The molecule has 0 bridgehead atoms. The molecule has 3 nitrogen and oxygen atoms in total. The fourth-order valence-corrected chi connectivity index (χ4v) is 3.36. The number of Topliss-reactive ketones (excluding diaryl/α,β-unsaturated/α-hetero) is 1. The maximum Gasteiger partial charge on any atom is 0.169 e. The number of rotatable bonds is 5. The first-order valence-electron chi connectivity index (χ1n) is 8.92. The van der Waals surface area contributed by atoms with Crippen LogP contribution >= 0.6 is 0 Å². The van der Waals surface area contributed by atoms with Crippen LogP contribution in [0.3, 0.4) is 0 Å². The van der Waals surface area contributed by atoms with Crippen LogP contribution < -0.4 is 10.2 Å². The van der Waals surface area contributed by atoms with E-state index in [-0.39, 0.29) is 12.4 Å². The Morgan fingerprint density at radius 1 is 0.962 bits per heavy atom. The minimum Gasteiger partial charge on any atom is -0.484 e. The molecule has 0 saturated carbocycles. The van der Waals surface area contributed by atoms with Gasteiger partial charge in [0.25, 0.3) is 0 Å². The molecule has 0 saturated heterocycles. The third kappa shape index (κ3) is 2.78. The molecular formula is C22H20BNO2. The van der Waals surface area contributed by atoms with E-state index in [0.29, 0.717) is 6.42 Å². The van der Waals surface area contributed by atoms with Crippen LogP contribution in [0.25, 0.3) is 27.5 Å². The Labute approximate surface area is 153 Å². The number of carbonyl (C=O) groups excluding carboxylic acids is 1. The molecular weight excluding hydrogens is 321 g/mol. The highest BCUT2D eigenvalue weighted by molar-refractivity contribution is 6.32. The minimum absolute atomic E-state index is 0.0969. The van der Waals surface area contributed by atoms with Gasteiger partial charge in [-0.25, -0.2) is 0 Å². The van der Waals surface area contributed by atoms with Crippen molar-refractivity contribution in [1.82, 2.24) is 4.57 Å². The summed E-state index contributed by atoms with van der Waals surface area (Å²) in [6.07, 6.45) is 0.483. The van der Waals surface area contributed by atoms with Crippen molar-refractivity contribution in [3.63, 3.8) is 0 Å². The Hall–Kier alpha value is -3.01. The SMILES string of the molecule is Bc1ccc(-n2c3ccccc3c3ccccc32)c(OCC(=O)CC)c1. The average molecular weight is 341 g/mol. The van der Waals surface area contributed by atoms with Gasteiger partial charge in [-0.1, -0.05) is 54.9 Å².